The van der Waals surface area contributed by atoms with Gasteiger partial charge in [0.1, 0.15) is 0 Å². The predicted octanol–water partition coefficient (Wildman–Crippen LogP) is 3.61. The van der Waals surface area contributed by atoms with Crippen LogP contribution in [0.1, 0.15) is 25.3 Å². The Balaban J connectivity index is 2.19. The third kappa shape index (κ3) is 2.58. The third-order valence-electron chi connectivity index (χ3n) is 2.65. The Kier molecular flexibility index (Phi) is 3.38. The maximum Gasteiger partial charge on any atom is 0.0169 e. The largest absolute Gasteiger partial charge is 0.0790 e. The minimum Gasteiger partial charge on any atom is -0.0790 e. The molecule has 0 radical (unpaired) electrons. The van der Waals surface area contributed by atoms with Gasteiger partial charge in [-0.15, -0.1) is 0 Å². The molecule has 0 saturated carbocycles. The Bertz CT molecular complexity index is 376. The first-order chi connectivity index (χ1) is 7.27. The summed E-state index contributed by atoms with van der Waals surface area (Å²) >= 11 is 0. The Morgan fingerprint density at radius 1 is 1.07 bits per heavy atom. The molecule has 1 heteroatoms. The summed E-state index contributed by atoms with van der Waals surface area (Å²) < 4.78 is 0. The summed E-state index contributed by atoms with van der Waals surface area (Å²) in [6, 6.07) is 8.82. The molecule has 0 bridgehead atoms. The summed E-state index contributed by atoms with van der Waals surface area (Å²) in [5.41, 5.74) is 2.13. The highest BCUT2D eigenvalue weighted by molar-refractivity contribution is 7.48. The molecule has 0 aromatic heterocycles. The van der Waals surface area contributed by atoms with Gasteiger partial charge in [0.25, 0.3) is 0 Å². The summed E-state index contributed by atoms with van der Waals surface area (Å²) in [5, 5.41) is 1.52. The second kappa shape index (κ2) is 4.77. The molecule has 0 heterocycles. The molecule has 0 aliphatic heterocycles. The molecule has 78 valence electrons. The Hall–Kier alpha value is -0.870. The number of rotatable bonds is 3. The van der Waals surface area contributed by atoms with E-state index in [1.807, 2.05) is 0 Å². The smallest absolute Gasteiger partial charge is 0.0169 e. The Morgan fingerprint density at radius 2 is 1.73 bits per heavy atom. The van der Waals surface area contributed by atoms with Crippen molar-refractivity contribution in [3.05, 3.63) is 54.1 Å². The lowest BCUT2D eigenvalue weighted by Crippen LogP contribution is -2.08. The van der Waals surface area contributed by atoms with Crippen LogP contribution in [0.5, 0.6) is 0 Å². The number of hydrogen-bond acceptors (Lipinski definition) is 0. The van der Waals surface area contributed by atoms with Gasteiger partial charge in [-0.05, 0) is 16.8 Å². The molecule has 1 aliphatic carbocycles. The molecular formula is C14H17P. The molecule has 1 atom stereocenters. The molecule has 0 amide bonds. The van der Waals surface area contributed by atoms with Crippen LogP contribution in [0.2, 0.25) is 0 Å². The molecule has 0 fully saturated rings. The van der Waals surface area contributed by atoms with E-state index < -0.39 is 0 Å². The van der Waals surface area contributed by atoms with E-state index in [-0.39, 0.29) is 0 Å². The lowest BCUT2D eigenvalue weighted by molar-refractivity contribution is 0.873. The predicted molar refractivity (Wildman–Crippen MR) is 70.5 cm³/mol. The number of allylic oxidation sites excluding steroid dienone is 4. The van der Waals surface area contributed by atoms with Crippen LogP contribution in [0, 0.1) is 0 Å². The highest BCUT2D eigenvalue weighted by Crippen LogP contribution is 2.27. The van der Waals surface area contributed by atoms with Crippen LogP contribution in [0.15, 0.2) is 48.6 Å². The zero-order valence-electron chi connectivity index (χ0n) is 9.27. The van der Waals surface area contributed by atoms with Crippen LogP contribution in [-0.2, 0) is 0 Å². The SMILES string of the molecule is CC(C)c1ccccc1PC1C=CC=C1. The summed E-state index contributed by atoms with van der Waals surface area (Å²) in [6.07, 6.45) is 8.87. The summed E-state index contributed by atoms with van der Waals surface area (Å²) in [6.45, 7) is 4.54. The lowest BCUT2D eigenvalue weighted by Gasteiger charge is -2.14. The standard InChI is InChI=1S/C14H17P/c1-11(2)13-9-5-6-10-14(13)15-12-7-3-4-8-12/h3-12,15H,1-2H3. The maximum atomic E-state index is 2.29. The van der Waals surface area contributed by atoms with Crippen molar-refractivity contribution in [3.8, 4) is 0 Å². The molecule has 2 rings (SSSR count). The first kappa shape index (κ1) is 10.6. The van der Waals surface area contributed by atoms with Crippen LogP contribution < -0.4 is 5.30 Å². The van der Waals surface area contributed by atoms with Crippen molar-refractivity contribution >= 4 is 13.9 Å². The van der Waals surface area contributed by atoms with Crippen molar-refractivity contribution < 1.29 is 0 Å². The van der Waals surface area contributed by atoms with E-state index >= 15 is 0 Å². The average Bonchev–Trinajstić information content (AvgIpc) is 2.71. The zero-order valence-corrected chi connectivity index (χ0v) is 10.3. The van der Waals surface area contributed by atoms with Crippen LogP contribution in [0.3, 0.4) is 0 Å². The van der Waals surface area contributed by atoms with Crippen LogP contribution in [0.25, 0.3) is 0 Å². The number of benzene rings is 1. The monoisotopic (exact) mass is 216 g/mol. The molecule has 0 N–H and O–H groups in total. The van der Waals surface area contributed by atoms with Gasteiger partial charge in [0.15, 0.2) is 0 Å². The van der Waals surface area contributed by atoms with E-state index in [0.29, 0.717) is 11.6 Å². The van der Waals surface area contributed by atoms with Gasteiger partial charge in [-0.25, -0.2) is 0 Å². The Labute approximate surface area is 93.9 Å². The first-order valence-electron chi connectivity index (χ1n) is 5.48. The van der Waals surface area contributed by atoms with Gasteiger partial charge in [0.05, 0.1) is 0 Å². The summed E-state index contributed by atoms with van der Waals surface area (Å²) in [4.78, 5) is 0. The fraction of sp³-hybridized carbons (Fsp3) is 0.286. The quantitative estimate of drug-likeness (QED) is 0.677. The molecular weight excluding hydrogens is 199 g/mol. The van der Waals surface area contributed by atoms with E-state index in [9.17, 15) is 0 Å². The van der Waals surface area contributed by atoms with Gasteiger partial charge in [-0.2, -0.15) is 0 Å². The molecule has 15 heavy (non-hydrogen) atoms. The van der Waals surface area contributed by atoms with Crippen molar-refractivity contribution in [2.75, 3.05) is 0 Å². The maximum absolute atomic E-state index is 2.29. The van der Waals surface area contributed by atoms with Crippen molar-refractivity contribution in [2.45, 2.75) is 25.4 Å². The first-order valence-corrected chi connectivity index (χ1v) is 6.55. The van der Waals surface area contributed by atoms with Gasteiger partial charge in [0.2, 0.25) is 0 Å². The summed E-state index contributed by atoms with van der Waals surface area (Å²) in [7, 11) is 0.876. The van der Waals surface area contributed by atoms with Gasteiger partial charge in [0, 0.05) is 5.66 Å². The highest BCUT2D eigenvalue weighted by Gasteiger charge is 2.10. The molecule has 0 nitrogen and oxygen atoms in total. The fourth-order valence-corrected chi connectivity index (χ4v) is 3.34. The zero-order chi connectivity index (χ0) is 10.7. The molecule has 0 saturated heterocycles. The average molecular weight is 216 g/mol. The van der Waals surface area contributed by atoms with E-state index in [0.717, 1.165) is 8.58 Å². The van der Waals surface area contributed by atoms with Crippen LogP contribution >= 0.6 is 8.58 Å². The van der Waals surface area contributed by atoms with E-state index in [2.05, 4.69) is 62.4 Å². The highest BCUT2D eigenvalue weighted by atomic mass is 31.1. The number of hydrogen-bond donors (Lipinski definition) is 0. The normalized spacial score (nSPS) is 16.2. The van der Waals surface area contributed by atoms with Crippen molar-refractivity contribution in [2.24, 2.45) is 0 Å². The lowest BCUT2D eigenvalue weighted by atomic mass is 10.0. The van der Waals surface area contributed by atoms with Crippen LogP contribution in [-0.4, -0.2) is 5.66 Å². The molecule has 1 aliphatic rings. The molecule has 1 unspecified atom stereocenters. The van der Waals surface area contributed by atoms with Crippen LogP contribution in [0.4, 0.5) is 0 Å². The third-order valence-corrected chi connectivity index (χ3v) is 4.14. The molecule has 1 aromatic carbocycles. The molecule has 1 aromatic rings. The van der Waals surface area contributed by atoms with Crippen molar-refractivity contribution in [1.29, 1.82) is 0 Å². The second-order valence-corrected chi connectivity index (χ2v) is 5.68. The van der Waals surface area contributed by atoms with Gasteiger partial charge in [-0.1, -0.05) is 71.0 Å². The van der Waals surface area contributed by atoms with Crippen molar-refractivity contribution in [1.82, 2.24) is 0 Å². The topological polar surface area (TPSA) is 0 Å². The van der Waals surface area contributed by atoms with Gasteiger partial charge >= 0.3 is 0 Å². The second-order valence-electron chi connectivity index (χ2n) is 4.18. The molecule has 0 spiro atoms. The minimum absolute atomic E-state index is 0.628. The van der Waals surface area contributed by atoms with E-state index in [4.69, 9.17) is 0 Å². The minimum atomic E-state index is 0.628. The van der Waals surface area contributed by atoms with E-state index in [1.165, 1.54) is 10.9 Å². The van der Waals surface area contributed by atoms with Gasteiger partial charge in [-0.3, -0.25) is 0 Å². The van der Waals surface area contributed by atoms with E-state index in [1.54, 1.807) is 0 Å². The summed E-state index contributed by atoms with van der Waals surface area (Å²) in [5.74, 6) is 0.628. The Morgan fingerprint density at radius 3 is 2.40 bits per heavy atom. The van der Waals surface area contributed by atoms with Crippen molar-refractivity contribution in [3.63, 3.8) is 0 Å². The fourth-order valence-electron chi connectivity index (χ4n) is 1.84. The van der Waals surface area contributed by atoms with Gasteiger partial charge < -0.3 is 0 Å².